The quantitative estimate of drug-likeness (QED) is 0.264. The fourth-order valence-corrected chi connectivity index (χ4v) is 3.44. The van der Waals surface area contributed by atoms with Gasteiger partial charge in [0.15, 0.2) is 0 Å². The minimum absolute atomic E-state index is 0. The summed E-state index contributed by atoms with van der Waals surface area (Å²) < 4.78 is 0. The highest BCUT2D eigenvalue weighted by molar-refractivity contribution is 5.92. The molecule has 0 saturated carbocycles. The number of anilines is 1. The molecule has 0 aliphatic carbocycles. The molecule has 0 heterocycles. The summed E-state index contributed by atoms with van der Waals surface area (Å²) in [6, 6.07) is 25.9. The third-order valence-electron chi connectivity index (χ3n) is 5.26. The Morgan fingerprint density at radius 3 is 1.88 bits per heavy atom. The third-order valence-corrected chi connectivity index (χ3v) is 5.26. The molecule has 3 aromatic carbocycles. The van der Waals surface area contributed by atoms with Crippen molar-refractivity contribution in [2.75, 3.05) is 11.9 Å². The average molecular weight is 482 g/mol. The molecule has 0 unspecified atom stereocenters. The van der Waals surface area contributed by atoms with Crippen LogP contribution in [0.1, 0.15) is 35.1 Å². The number of carbonyl (C=O) groups is 2. The first-order valence-corrected chi connectivity index (χ1v) is 11.2. The smallest absolute Gasteiger partial charge is 0.247 e. The maximum atomic E-state index is 12.1. The summed E-state index contributed by atoms with van der Waals surface area (Å²) in [6.45, 7) is 0.174. The highest BCUT2D eigenvalue weighted by Gasteiger charge is 2.05. The maximum Gasteiger partial charge on any atom is 0.247 e. The summed E-state index contributed by atoms with van der Waals surface area (Å²) in [7, 11) is 0. The number of hydrogen-bond donors (Lipinski definition) is 3. The zero-order valence-electron chi connectivity index (χ0n) is 19.2. The standard InChI is InChI=1S/C27H31N3O3.ClH/c28-19-27(32)29-25-16-14-24(15-17-25)20-33-30-26(31)18-23-12-10-22(11-13-23)9-5-4-8-21-6-2-1-3-7-21;/h1-3,6-7,10-17H,4-5,8-9,18-20,28H2,(H,29,32)(H,30,31);1H. The van der Waals surface area contributed by atoms with Crippen LogP contribution in [0.3, 0.4) is 0 Å². The molecule has 180 valence electrons. The van der Waals surface area contributed by atoms with Crippen molar-refractivity contribution in [3.63, 3.8) is 0 Å². The van der Waals surface area contributed by atoms with Crippen molar-refractivity contribution in [1.82, 2.24) is 5.48 Å². The molecule has 0 fully saturated rings. The summed E-state index contributed by atoms with van der Waals surface area (Å²) in [5.41, 5.74) is 12.9. The van der Waals surface area contributed by atoms with E-state index in [1.807, 2.05) is 30.3 Å². The largest absolute Gasteiger partial charge is 0.325 e. The lowest BCUT2D eigenvalue weighted by Gasteiger charge is -2.08. The van der Waals surface area contributed by atoms with Crippen molar-refractivity contribution in [3.05, 3.63) is 101 Å². The minimum atomic E-state index is -0.248. The normalized spacial score (nSPS) is 10.3. The van der Waals surface area contributed by atoms with E-state index in [9.17, 15) is 9.59 Å². The lowest BCUT2D eigenvalue weighted by Crippen LogP contribution is -2.25. The number of amides is 2. The van der Waals surface area contributed by atoms with Crippen molar-refractivity contribution >= 4 is 29.9 Å². The van der Waals surface area contributed by atoms with Gasteiger partial charge in [0.1, 0.15) is 0 Å². The monoisotopic (exact) mass is 481 g/mol. The van der Waals surface area contributed by atoms with E-state index < -0.39 is 0 Å². The number of nitrogens with two attached hydrogens (primary N) is 1. The Morgan fingerprint density at radius 2 is 1.26 bits per heavy atom. The van der Waals surface area contributed by atoms with E-state index in [0.717, 1.165) is 36.8 Å². The van der Waals surface area contributed by atoms with Crippen molar-refractivity contribution in [2.24, 2.45) is 5.73 Å². The first-order chi connectivity index (χ1) is 16.1. The van der Waals surface area contributed by atoms with Gasteiger partial charge in [-0.3, -0.25) is 14.4 Å². The molecule has 3 aromatic rings. The summed E-state index contributed by atoms with van der Waals surface area (Å²) >= 11 is 0. The van der Waals surface area contributed by atoms with Gasteiger partial charge in [0, 0.05) is 5.69 Å². The molecule has 0 spiro atoms. The predicted molar refractivity (Wildman–Crippen MR) is 138 cm³/mol. The van der Waals surface area contributed by atoms with Gasteiger partial charge in [0.25, 0.3) is 0 Å². The fraction of sp³-hybridized carbons (Fsp3) is 0.259. The van der Waals surface area contributed by atoms with E-state index >= 15 is 0 Å². The Hall–Kier alpha value is -3.19. The molecule has 34 heavy (non-hydrogen) atoms. The van der Waals surface area contributed by atoms with Crippen LogP contribution >= 0.6 is 12.4 Å². The second-order valence-corrected chi connectivity index (χ2v) is 7.95. The number of aryl methyl sites for hydroxylation is 2. The van der Waals surface area contributed by atoms with E-state index in [-0.39, 0.29) is 43.8 Å². The van der Waals surface area contributed by atoms with Gasteiger partial charge in [0.2, 0.25) is 11.8 Å². The number of benzene rings is 3. The van der Waals surface area contributed by atoms with Crippen LogP contribution in [-0.2, 0) is 40.3 Å². The molecular formula is C27H32ClN3O3. The lowest BCUT2D eigenvalue weighted by molar-refractivity contribution is -0.133. The van der Waals surface area contributed by atoms with Crippen LogP contribution in [0.5, 0.6) is 0 Å². The SMILES string of the molecule is Cl.NCC(=O)Nc1ccc(CONC(=O)Cc2ccc(CCCCc3ccccc3)cc2)cc1. The topological polar surface area (TPSA) is 93.5 Å². The van der Waals surface area contributed by atoms with Crippen molar-refractivity contribution < 1.29 is 14.4 Å². The Balaban J connectivity index is 0.00000408. The number of nitrogens with one attached hydrogen (secondary N) is 2. The zero-order valence-corrected chi connectivity index (χ0v) is 20.0. The molecule has 4 N–H and O–H groups in total. The first-order valence-electron chi connectivity index (χ1n) is 11.2. The number of hydroxylamine groups is 1. The summed E-state index contributed by atoms with van der Waals surface area (Å²) in [5, 5.41) is 2.67. The second-order valence-electron chi connectivity index (χ2n) is 7.95. The summed E-state index contributed by atoms with van der Waals surface area (Å²) in [6.07, 6.45) is 4.71. The van der Waals surface area contributed by atoms with Gasteiger partial charge in [-0.1, -0.05) is 66.7 Å². The molecule has 0 bridgehead atoms. The molecule has 7 heteroatoms. The van der Waals surface area contributed by atoms with E-state index in [1.54, 1.807) is 12.1 Å². The van der Waals surface area contributed by atoms with Crippen molar-refractivity contribution in [3.8, 4) is 0 Å². The number of halogens is 1. The Labute approximate surface area is 207 Å². The Bertz CT molecular complexity index is 1010. The van der Waals surface area contributed by atoms with Gasteiger partial charge in [-0.15, -0.1) is 12.4 Å². The fourth-order valence-electron chi connectivity index (χ4n) is 3.44. The van der Waals surface area contributed by atoms with Gasteiger partial charge in [-0.05, 0) is 60.1 Å². The number of carbonyl (C=O) groups excluding carboxylic acids is 2. The predicted octanol–water partition coefficient (Wildman–Crippen LogP) is 4.36. The lowest BCUT2D eigenvalue weighted by atomic mass is 10.0. The second kappa shape index (κ2) is 14.9. The summed E-state index contributed by atoms with van der Waals surface area (Å²) in [5.74, 6) is -0.445. The molecular weight excluding hydrogens is 450 g/mol. The molecule has 2 amide bonds. The first kappa shape index (κ1) is 27.1. The van der Waals surface area contributed by atoms with Gasteiger partial charge in [-0.2, -0.15) is 0 Å². The number of unbranched alkanes of at least 4 members (excludes halogenated alkanes) is 1. The Morgan fingerprint density at radius 1 is 0.706 bits per heavy atom. The molecule has 0 saturated heterocycles. The minimum Gasteiger partial charge on any atom is -0.325 e. The van der Waals surface area contributed by atoms with E-state index in [0.29, 0.717) is 5.69 Å². The molecule has 0 aliphatic rings. The van der Waals surface area contributed by atoms with Crippen LogP contribution in [0, 0.1) is 0 Å². The van der Waals surface area contributed by atoms with Crippen LogP contribution in [0.15, 0.2) is 78.9 Å². The number of rotatable bonds is 12. The molecule has 0 radical (unpaired) electrons. The molecule has 0 atom stereocenters. The van der Waals surface area contributed by atoms with Crippen LogP contribution in [-0.4, -0.2) is 18.4 Å². The third kappa shape index (κ3) is 9.75. The van der Waals surface area contributed by atoms with Gasteiger partial charge in [0.05, 0.1) is 19.6 Å². The maximum absolute atomic E-state index is 12.1. The molecule has 6 nitrogen and oxygen atoms in total. The molecule has 0 aliphatic heterocycles. The Kier molecular flexibility index (Phi) is 11.8. The van der Waals surface area contributed by atoms with E-state index in [4.69, 9.17) is 10.6 Å². The van der Waals surface area contributed by atoms with Crippen LogP contribution in [0.25, 0.3) is 0 Å². The van der Waals surface area contributed by atoms with E-state index in [1.165, 1.54) is 11.1 Å². The van der Waals surface area contributed by atoms with Gasteiger partial charge >= 0.3 is 0 Å². The van der Waals surface area contributed by atoms with Gasteiger partial charge < -0.3 is 11.1 Å². The van der Waals surface area contributed by atoms with Crippen molar-refractivity contribution in [1.29, 1.82) is 0 Å². The van der Waals surface area contributed by atoms with Crippen LogP contribution in [0.2, 0.25) is 0 Å². The molecule has 3 rings (SSSR count). The van der Waals surface area contributed by atoms with Gasteiger partial charge in [-0.25, -0.2) is 5.48 Å². The van der Waals surface area contributed by atoms with Crippen LogP contribution < -0.4 is 16.5 Å². The average Bonchev–Trinajstić information content (AvgIpc) is 2.84. The van der Waals surface area contributed by atoms with E-state index in [2.05, 4.69) is 47.2 Å². The highest BCUT2D eigenvalue weighted by atomic mass is 35.5. The van der Waals surface area contributed by atoms with Crippen molar-refractivity contribution in [2.45, 2.75) is 38.7 Å². The molecule has 0 aromatic heterocycles. The highest BCUT2D eigenvalue weighted by Crippen LogP contribution is 2.12. The summed E-state index contributed by atoms with van der Waals surface area (Å²) in [4.78, 5) is 28.7. The van der Waals surface area contributed by atoms with Crippen LogP contribution in [0.4, 0.5) is 5.69 Å². The number of hydrogen-bond acceptors (Lipinski definition) is 4. The zero-order chi connectivity index (χ0) is 23.3.